The van der Waals surface area contributed by atoms with Crippen molar-refractivity contribution in [2.75, 3.05) is 32.1 Å². The number of aliphatic hydroxyl groups is 1. The lowest BCUT2D eigenvalue weighted by molar-refractivity contribution is -0.161. The van der Waals surface area contributed by atoms with E-state index in [4.69, 9.17) is 0 Å². The molecule has 0 unspecified atom stereocenters. The van der Waals surface area contributed by atoms with Gasteiger partial charge in [0.05, 0.1) is 6.10 Å². The quantitative estimate of drug-likeness (QED) is 0.829. The minimum Gasteiger partial charge on any atom is -0.481 e. The van der Waals surface area contributed by atoms with E-state index in [1.807, 2.05) is 61.5 Å². The smallest absolute Gasteiger partial charge is 0.314 e. The van der Waals surface area contributed by atoms with Crippen LogP contribution < -0.4 is 4.90 Å². The van der Waals surface area contributed by atoms with Crippen molar-refractivity contribution in [3.8, 4) is 0 Å². The number of carbonyl (C=O) groups excluding carboxylic acids is 1. The van der Waals surface area contributed by atoms with Crippen LogP contribution in [-0.4, -0.2) is 60.3 Å². The van der Waals surface area contributed by atoms with Gasteiger partial charge in [-0.25, -0.2) is 0 Å². The maximum atomic E-state index is 13.1. The van der Waals surface area contributed by atoms with Gasteiger partial charge in [0.2, 0.25) is 0 Å². The summed E-state index contributed by atoms with van der Waals surface area (Å²) in [6.07, 6.45) is -0.605. The van der Waals surface area contributed by atoms with E-state index in [1.165, 1.54) is 0 Å². The van der Waals surface area contributed by atoms with Gasteiger partial charge in [-0.3, -0.25) is 9.59 Å². The van der Waals surface area contributed by atoms with E-state index in [9.17, 15) is 19.8 Å². The number of hydrogen-bond acceptors (Lipinski definition) is 4. The lowest BCUT2D eigenvalue weighted by Crippen LogP contribution is -2.58. The number of piperidine rings is 1. The van der Waals surface area contributed by atoms with Crippen molar-refractivity contribution in [3.05, 3.63) is 65.7 Å². The SMILES string of the molecule is CN(C)c1cccc(C(=O)N2CC[C@H](O)[C@@](Cc3ccccc3)(C(=O)O)C2)c1. The number of carboxylic acid groups (broad SMARTS) is 1. The molecule has 0 spiro atoms. The monoisotopic (exact) mass is 382 g/mol. The molecule has 1 fully saturated rings. The Morgan fingerprint density at radius 3 is 2.50 bits per heavy atom. The summed E-state index contributed by atoms with van der Waals surface area (Å²) in [6.45, 7) is 0.305. The lowest BCUT2D eigenvalue weighted by Gasteiger charge is -2.43. The van der Waals surface area contributed by atoms with Crippen molar-refractivity contribution in [1.29, 1.82) is 0 Å². The van der Waals surface area contributed by atoms with Gasteiger partial charge in [0.15, 0.2) is 0 Å². The van der Waals surface area contributed by atoms with Crippen LogP contribution in [0.3, 0.4) is 0 Å². The van der Waals surface area contributed by atoms with Crippen molar-refractivity contribution in [2.45, 2.75) is 18.9 Å². The van der Waals surface area contributed by atoms with Crippen molar-refractivity contribution in [3.63, 3.8) is 0 Å². The van der Waals surface area contributed by atoms with E-state index >= 15 is 0 Å². The standard InChI is InChI=1S/C22H26N2O4/c1-23(2)18-10-6-9-17(13-18)20(26)24-12-11-19(25)22(15-24,21(27)28)14-16-7-4-3-5-8-16/h3-10,13,19,25H,11-12,14-15H2,1-2H3,(H,27,28)/t19-,22-/m0/s1. The highest BCUT2D eigenvalue weighted by molar-refractivity contribution is 5.95. The van der Waals surface area contributed by atoms with Crippen LogP contribution in [-0.2, 0) is 11.2 Å². The molecule has 1 amide bonds. The molecule has 1 aliphatic rings. The van der Waals surface area contributed by atoms with Gasteiger partial charge < -0.3 is 20.0 Å². The number of nitrogens with zero attached hydrogens (tertiary/aromatic N) is 2. The molecule has 2 aromatic rings. The summed E-state index contributed by atoms with van der Waals surface area (Å²) in [4.78, 5) is 28.8. The summed E-state index contributed by atoms with van der Waals surface area (Å²) >= 11 is 0. The fraction of sp³-hybridized carbons (Fsp3) is 0.364. The Kier molecular flexibility index (Phi) is 5.70. The van der Waals surface area contributed by atoms with E-state index in [2.05, 4.69) is 0 Å². The largest absolute Gasteiger partial charge is 0.481 e. The third-order valence-electron chi connectivity index (χ3n) is 5.47. The van der Waals surface area contributed by atoms with Crippen LogP contribution in [0.2, 0.25) is 0 Å². The number of hydrogen-bond donors (Lipinski definition) is 2. The highest BCUT2D eigenvalue weighted by Crippen LogP contribution is 2.35. The zero-order valence-corrected chi connectivity index (χ0v) is 16.2. The molecule has 148 valence electrons. The highest BCUT2D eigenvalue weighted by Gasteiger charge is 2.50. The average molecular weight is 382 g/mol. The molecule has 28 heavy (non-hydrogen) atoms. The third kappa shape index (κ3) is 3.87. The van der Waals surface area contributed by atoms with Crippen LogP contribution >= 0.6 is 0 Å². The van der Waals surface area contributed by atoms with Crippen LogP contribution in [0.5, 0.6) is 0 Å². The number of aliphatic carboxylic acids is 1. The lowest BCUT2D eigenvalue weighted by atomic mass is 9.72. The topological polar surface area (TPSA) is 81.1 Å². The molecule has 2 aromatic carbocycles. The molecule has 1 heterocycles. The van der Waals surface area contributed by atoms with Crippen molar-refractivity contribution in [2.24, 2.45) is 5.41 Å². The number of aliphatic hydroxyl groups excluding tert-OH is 1. The van der Waals surface area contributed by atoms with Crippen molar-refractivity contribution >= 4 is 17.6 Å². The molecule has 0 aromatic heterocycles. The Morgan fingerprint density at radius 2 is 1.86 bits per heavy atom. The molecule has 1 saturated heterocycles. The van der Waals surface area contributed by atoms with Crippen molar-refractivity contribution in [1.82, 2.24) is 4.90 Å². The Morgan fingerprint density at radius 1 is 1.14 bits per heavy atom. The normalized spacial score (nSPS) is 22.0. The van der Waals surface area contributed by atoms with Gasteiger partial charge in [0.25, 0.3) is 5.91 Å². The maximum absolute atomic E-state index is 13.1. The first-order valence-corrected chi connectivity index (χ1v) is 9.35. The predicted octanol–water partition coefficient (Wildman–Crippen LogP) is 2.27. The summed E-state index contributed by atoms with van der Waals surface area (Å²) in [5, 5.41) is 20.6. The molecule has 2 atom stereocenters. The number of carboxylic acids is 1. The summed E-state index contributed by atoms with van der Waals surface area (Å²) in [6, 6.07) is 16.5. The molecule has 0 bridgehead atoms. The predicted molar refractivity (Wildman–Crippen MR) is 108 cm³/mol. The van der Waals surface area contributed by atoms with Gasteiger partial charge in [-0.15, -0.1) is 0 Å². The van der Waals surface area contributed by atoms with Gasteiger partial charge >= 0.3 is 5.97 Å². The first-order valence-electron chi connectivity index (χ1n) is 9.35. The summed E-state index contributed by atoms with van der Waals surface area (Å²) in [5.41, 5.74) is 0.820. The van der Waals surface area contributed by atoms with Crippen LogP contribution in [0.25, 0.3) is 0 Å². The summed E-state index contributed by atoms with van der Waals surface area (Å²) in [7, 11) is 3.80. The fourth-order valence-corrected chi connectivity index (χ4v) is 3.77. The Labute approximate surface area is 165 Å². The molecule has 6 nitrogen and oxygen atoms in total. The maximum Gasteiger partial charge on any atom is 0.314 e. The summed E-state index contributed by atoms with van der Waals surface area (Å²) < 4.78 is 0. The molecule has 2 N–H and O–H groups in total. The molecule has 6 heteroatoms. The molecule has 3 rings (SSSR count). The third-order valence-corrected chi connectivity index (χ3v) is 5.47. The Balaban J connectivity index is 1.89. The fourth-order valence-electron chi connectivity index (χ4n) is 3.77. The zero-order valence-electron chi connectivity index (χ0n) is 16.2. The number of anilines is 1. The number of amides is 1. The van der Waals surface area contributed by atoms with E-state index < -0.39 is 17.5 Å². The van der Waals surface area contributed by atoms with Gasteiger partial charge in [0, 0.05) is 38.4 Å². The van der Waals surface area contributed by atoms with E-state index in [0.717, 1.165) is 11.3 Å². The first-order chi connectivity index (χ1) is 13.3. The number of carbonyl (C=O) groups is 2. The van der Waals surface area contributed by atoms with Gasteiger partial charge in [-0.05, 0) is 36.6 Å². The Hall–Kier alpha value is -2.86. The molecule has 1 aliphatic heterocycles. The van der Waals surface area contributed by atoms with E-state index in [0.29, 0.717) is 12.1 Å². The molecular formula is C22H26N2O4. The minimum absolute atomic E-state index is 0.0244. The van der Waals surface area contributed by atoms with Crippen LogP contribution in [0.15, 0.2) is 54.6 Å². The second-order valence-corrected chi connectivity index (χ2v) is 7.60. The van der Waals surface area contributed by atoms with E-state index in [-0.39, 0.29) is 25.3 Å². The number of benzene rings is 2. The van der Waals surface area contributed by atoms with Crippen LogP contribution in [0.4, 0.5) is 5.69 Å². The van der Waals surface area contributed by atoms with Crippen LogP contribution in [0.1, 0.15) is 22.3 Å². The minimum atomic E-state index is -1.42. The van der Waals surface area contributed by atoms with E-state index in [1.54, 1.807) is 17.0 Å². The van der Waals surface area contributed by atoms with Gasteiger partial charge in [-0.1, -0.05) is 36.4 Å². The second kappa shape index (κ2) is 8.02. The Bertz CT molecular complexity index is 853. The highest BCUT2D eigenvalue weighted by atomic mass is 16.4. The molecular weight excluding hydrogens is 356 g/mol. The zero-order chi connectivity index (χ0) is 20.3. The van der Waals surface area contributed by atoms with Gasteiger partial charge in [-0.2, -0.15) is 0 Å². The molecule has 0 radical (unpaired) electrons. The van der Waals surface area contributed by atoms with Crippen LogP contribution in [0, 0.1) is 5.41 Å². The number of likely N-dealkylation sites (tertiary alicyclic amines) is 1. The summed E-state index contributed by atoms with van der Waals surface area (Å²) in [5.74, 6) is -1.29. The van der Waals surface area contributed by atoms with Gasteiger partial charge in [0.1, 0.15) is 5.41 Å². The average Bonchev–Trinajstić information content (AvgIpc) is 2.70. The molecule has 0 saturated carbocycles. The second-order valence-electron chi connectivity index (χ2n) is 7.60. The molecule has 0 aliphatic carbocycles. The first kappa shape index (κ1) is 19.9. The van der Waals surface area contributed by atoms with Crippen molar-refractivity contribution < 1.29 is 19.8 Å². The number of rotatable bonds is 5.